The number of amides is 1. The van der Waals surface area contributed by atoms with Crippen molar-refractivity contribution in [2.24, 2.45) is 0 Å². The first-order chi connectivity index (χ1) is 12.4. The van der Waals surface area contributed by atoms with Crippen molar-refractivity contribution < 1.29 is 17.6 Å². The number of thiophene rings is 1. The molecule has 1 aliphatic rings. The second kappa shape index (κ2) is 7.85. The van der Waals surface area contributed by atoms with Gasteiger partial charge in [-0.3, -0.25) is 4.79 Å². The lowest BCUT2D eigenvalue weighted by molar-refractivity contribution is 0.0951. The molecular weight excluding hydrogens is 375 g/mol. The van der Waals surface area contributed by atoms with Gasteiger partial charge in [0, 0.05) is 23.5 Å². The molecule has 0 atom stereocenters. The number of carbonyl (C=O) groups is 1. The average molecular weight is 397 g/mol. The third-order valence-electron chi connectivity index (χ3n) is 4.40. The summed E-state index contributed by atoms with van der Waals surface area (Å²) in [4.78, 5) is 12.9. The van der Waals surface area contributed by atoms with Crippen LogP contribution in [0, 0.1) is 12.7 Å². The number of sulfonamides is 1. The van der Waals surface area contributed by atoms with Gasteiger partial charge in [-0.15, -0.1) is 11.3 Å². The van der Waals surface area contributed by atoms with Gasteiger partial charge in [-0.1, -0.05) is 12.5 Å². The summed E-state index contributed by atoms with van der Waals surface area (Å²) in [6, 6.07) is 7.61. The highest BCUT2D eigenvalue weighted by atomic mass is 32.2. The zero-order chi connectivity index (χ0) is 18.7. The van der Waals surface area contributed by atoms with Gasteiger partial charge in [0.05, 0.1) is 6.54 Å². The van der Waals surface area contributed by atoms with Crippen LogP contribution in [0.1, 0.15) is 40.1 Å². The molecule has 0 aliphatic carbocycles. The number of piperidine rings is 1. The lowest BCUT2D eigenvalue weighted by Crippen LogP contribution is -2.35. The first-order valence-corrected chi connectivity index (χ1v) is 10.8. The fourth-order valence-electron chi connectivity index (χ4n) is 2.83. The van der Waals surface area contributed by atoms with Gasteiger partial charge in [0.15, 0.2) is 0 Å². The minimum atomic E-state index is -3.45. The van der Waals surface area contributed by atoms with E-state index >= 15 is 0 Å². The van der Waals surface area contributed by atoms with Gasteiger partial charge in [0.1, 0.15) is 10.0 Å². The Kier molecular flexibility index (Phi) is 5.74. The van der Waals surface area contributed by atoms with E-state index in [-0.39, 0.29) is 12.1 Å². The molecule has 1 aliphatic heterocycles. The summed E-state index contributed by atoms with van der Waals surface area (Å²) in [5.74, 6) is -0.818. The minimum absolute atomic E-state index is 0.203. The van der Waals surface area contributed by atoms with E-state index in [2.05, 4.69) is 5.32 Å². The molecule has 0 unspecified atom stereocenters. The molecule has 26 heavy (non-hydrogen) atoms. The summed E-state index contributed by atoms with van der Waals surface area (Å²) in [5.41, 5.74) is 0.721. The van der Waals surface area contributed by atoms with E-state index in [1.54, 1.807) is 31.2 Å². The number of rotatable bonds is 5. The maximum absolute atomic E-state index is 13.6. The number of hydrogen-bond donors (Lipinski definition) is 1. The van der Waals surface area contributed by atoms with Gasteiger partial charge in [-0.05, 0) is 49.6 Å². The molecule has 1 fully saturated rings. The van der Waals surface area contributed by atoms with Crippen LogP contribution in [0.25, 0.3) is 0 Å². The highest BCUT2D eigenvalue weighted by Crippen LogP contribution is 2.27. The number of aryl methyl sites for hydroxylation is 1. The van der Waals surface area contributed by atoms with E-state index in [0.29, 0.717) is 22.9 Å². The van der Waals surface area contributed by atoms with Crippen molar-refractivity contribution in [2.45, 2.75) is 36.9 Å². The van der Waals surface area contributed by atoms with E-state index in [4.69, 9.17) is 0 Å². The second-order valence-corrected chi connectivity index (χ2v) is 9.67. The Bertz CT molecular complexity index is 903. The molecule has 8 heteroatoms. The van der Waals surface area contributed by atoms with Gasteiger partial charge in [-0.2, -0.15) is 4.31 Å². The third-order valence-corrected chi connectivity index (χ3v) is 7.85. The fraction of sp³-hybridized carbons (Fsp3) is 0.389. The number of benzene rings is 1. The Labute approximate surface area is 156 Å². The molecule has 1 aromatic carbocycles. The lowest BCUT2D eigenvalue weighted by Gasteiger charge is -2.25. The van der Waals surface area contributed by atoms with Crippen molar-refractivity contribution in [3.05, 3.63) is 52.2 Å². The molecule has 1 N–H and O–H groups in total. The number of nitrogens with one attached hydrogen (secondary N) is 1. The predicted molar refractivity (Wildman–Crippen MR) is 99.2 cm³/mol. The SMILES string of the molecule is Cc1ccc(C(=O)NCc2ccc(S(=O)(=O)N3CCCCC3)s2)cc1F. The van der Waals surface area contributed by atoms with Gasteiger partial charge >= 0.3 is 0 Å². The summed E-state index contributed by atoms with van der Waals surface area (Å²) in [6.45, 7) is 2.96. The zero-order valence-corrected chi connectivity index (χ0v) is 16.1. The Morgan fingerprint density at radius 1 is 1.19 bits per heavy atom. The number of hydrogen-bond acceptors (Lipinski definition) is 4. The van der Waals surface area contributed by atoms with Crippen LogP contribution >= 0.6 is 11.3 Å². The highest BCUT2D eigenvalue weighted by Gasteiger charge is 2.27. The minimum Gasteiger partial charge on any atom is -0.347 e. The van der Waals surface area contributed by atoms with E-state index in [0.717, 1.165) is 35.5 Å². The van der Waals surface area contributed by atoms with Gasteiger partial charge in [0.2, 0.25) is 0 Å². The van der Waals surface area contributed by atoms with E-state index < -0.39 is 21.7 Å². The van der Waals surface area contributed by atoms with Gasteiger partial charge in [0.25, 0.3) is 15.9 Å². The van der Waals surface area contributed by atoms with Crippen LogP contribution in [-0.4, -0.2) is 31.7 Å². The van der Waals surface area contributed by atoms with Gasteiger partial charge < -0.3 is 5.32 Å². The molecule has 0 spiro atoms. The first kappa shape index (κ1) is 19.0. The maximum Gasteiger partial charge on any atom is 0.252 e. The van der Waals surface area contributed by atoms with Crippen molar-refractivity contribution in [3.63, 3.8) is 0 Å². The van der Waals surface area contributed by atoms with Crippen molar-refractivity contribution >= 4 is 27.3 Å². The van der Waals surface area contributed by atoms with E-state index in [1.165, 1.54) is 10.4 Å². The van der Waals surface area contributed by atoms with Crippen LogP contribution in [0.15, 0.2) is 34.5 Å². The Morgan fingerprint density at radius 2 is 1.92 bits per heavy atom. The smallest absolute Gasteiger partial charge is 0.252 e. The molecule has 5 nitrogen and oxygen atoms in total. The van der Waals surface area contributed by atoms with Crippen LogP contribution in [-0.2, 0) is 16.6 Å². The molecule has 0 bridgehead atoms. The molecule has 1 saturated heterocycles. The van der Waals surface area contributed by atoms with Crippen molar-refractivity contribution in [1.82, 2.24) is 9.62 Å². The summed E-state index contributed by atoms with van der Waals surface area (Å²) in [6.07, 6.45) is 2.84. The fourth-order valence-corrected chi connectivity index (χ4v) is 5.79. The monoisotopic (exact) mass is 396 g/mol. The predicted octanol–water partition coefficient (Wildman–Crippen LogP) is 3.30. The number of carbonyl (C=O) groups excluding carboxylic acids is 1. The van der Waals surface area contributed by atoms with Crippen LogP contribution in [0.2, 0.25) is 0 Å². The summed E-state index contributed by atoms with van der Waals surface area (Å²) in [7, 11) is -3.45. The topological polar surface area (TPSA) is 66.5 Å². The Hall–Kier alpha value is -1.77. The molecule has 2 aromatic rings. The number of nitrogens with zero attached hydrogens (tertiary/aromatic N) is 1. The number of halogens is 1. The second-order valence-electron chi connectivity index (χ2n) is 6.33. The third kappa shape index (κ3) is 4.13. The molecule has 0 saturated carbocycles. The summed E-state index contributed by atoms with van der Waals surface area (Å²) >= 11 is 1.16. The molecule has 1 amide bonds. The largest absolute Gasteiger partial charge is 0.347 e. The van der Waals surface area contributed by atoms with E-state index in [9.17, 15) is 17.6 Å². The van der Waals surface area contributed by atoms with Gasteiger partial charge in [-0.25, -0.2) is 12.8 Å². The quantitative estimate of drug-likeness (QED) is 0.843. The van der Waals surface area contributed by atoms with Crippen LogP contribution in [0.4, 0.5) is 4.39 Å². The maximum atomic E-state index is 13.6. The van der Waals surface area contributed by atoms with Crippen LogP contribution in [0.5, 0.6) is 0 Å². The van der Waals surface area contributed by atoms with Crippen LogP contribution < -0.4 is 5.32 Å². The summed E-state index contributed by atoms with van der Waals surface area (Å²) in [5, 5.41) is 2.70. The van der Waals surface area contributed by atoms with Crippen molar-refractivity contribution in [3.8, 4) is 0 Å². The Morgan fingerprint density at radius 3 is 2.62 bits per heavy atom. The normalized spacial score (nSPS) is 15.8. The lowest BCUT2D eigenvalue weighted by atomic mass is 10.1. The standard InChI is InChI=1S/C18H21FN2O3S2/c1-13-5-6-14(11-16(13)19)18(22)20-12-15-7-8-17(25-15)26(23,24)21-9-3-2-4-10-21/h5-8,11H,2-4,9-10,12H2,1H3,(H,20,22). The van der Waals surface area contributed by atoms with Crippen molar-refractivity contribution in [2.75, 3.05) is 13.1 Å². The molecule has 3 rings (SSSR count). The summed E-state index contributed by atoms with van der Waals surface area (Å²) < 4.78 is 40.7. The molecule has 140 valence electrons. The van der Waals surface area contributed by atoms with E-state index in [1.807, 2.05) is 0 Å². The molecule has 1 aromatic heterocycles. The van der Waals surface area contributed by atoms with Crippen molar-refractivity contribution in [1.29, 1.82) is 0 Å². The highest BCUT2D eigenvalue weighted by molar-refractivity contribution is 7.91. The zero-order valence-electron chi connectivity index (χ0n) is 14.5. The molecule has 0 radical (unpaired) electrons. The Balaban J connectivity index is 1.64. The average Bonchev–Trinajstić information content (AvgIpc) is 3.12. The van der Waals surface area contributed by atoms with Crippen LogP contribution in [0.3, 0.4) is 0 Å². The molecule has 2 heterocycles. The molecular formula is C18H21FN2O3S2. The first-order valence-electron chi connectivity index (χ1n) is 8.51.